The van der Waals surface area contributed by atoms with Crippen LogP contribution in [0.1, 0.15) is 12.1 Å². The minimum absolute atomic E-state index is 0.583. The maximum absolute atomic E-state index is 5.53. The fourth-order valence-corrected chi connectivity index (χ4v) is 1.51. The molecule has 0 radical (unpaired) electrons. The summed E-state index contributed by atoms with van der Waals surface area (Å²) in [5, 5.41) is 4.19. The van der Waals surface area contributed by atoms with Crippen LogP contribution in [0.25, 0.3) is 0 Å². The van der Waals surface area contributed by atoms with Gasteiger partial charge in [0.25, 0.3) is 0 Å². The molecule has 0 spiro atoms. The summed E-state index contributed by atoms with van der Waals surface area (Å²) in [6.07, 6.45) is 5.09. The van der Waals surface area contributed by atoms with E-state index in [1.807, 2.05) is 22.5 Å². The molecule has 0 aliphatic carbocycles. The predicted molar refractivity (Wildman–Crippen MR) is 53.1 cm³/mol. The molecule has 2 N–H and O–H groups in total. The summed E-state index contributed by atoms with van der Waals surface area (Å²) in [6, 6.07) is 1.97. The lowest BCUT2D eigenvalue weighted by Crippen LogP contribution is -2.09. The van der Waals surface area contributed by atoms with Gasteiger partial charge in [-0.05, 0) is 24.5 Å². The van der Waals surface area contributed by atoms with Crippen molar-refractivity contribution in [2.45, 2.75) is 19.5 Å². The summed E-state index contributed by atoms with van der Waals surface area (Å²) in [6.45, 7) is 1.57. The fraction of sp³-hybridized carbons (Fsp3) is 0.625. The molecule has 0 aliphatic rings. The Bertz CT molecular complexity index is 222. The molecule has 0 fully saturated rings. The summed E-state index contributed by atoms with van der Waals surface area (Å²) >= 11 is 1.86. The smallest absolute Gasteiger partial charge is 0.0519 e. The van der Waals surface area contributed by atoms with Crippen molar-refractivity contribution in [3.05, 3.63) is 18.0 Å². The van der Waals surface area contributed by atoms with Gasteiger partial charge in [-0.3, -0.25) is 4.68 Å². The Kier molecular flexibility index (Phi) is 4.18. The van der Waals surface area contributed by atoms with Crippen LogP contribution >= 0.6 is 11.8 Å². The summed E-state index contributed by atoms with van der Waals surface area (Å²) in [5.74, 6) is 1.18. The lowest BCUT2D eigenvalue weighted by Gasteiger charge is -2.04. The largest absolute Gasteiger partial charge is 0.325 e. The number of hydrogen-bond acceptors (Lipinski definition) is 3. The highest BCUT2D eigenvalue weighted by Crippen LogP contribution is 2.01. The Morgan fingerprint density at radius 1 is 1.67 bits per heavy atom. The van der Waals surface area contributed by atoms with E-state index in [2.05, 4.69) is 11.4 Å². The number of rotatable bonds is 5. The number of aryl methyl sites for hydroxylation is 1. The van der Waals surface area contributed by atoms with Gasteiger partial charge in [-0.15, -0.1) is 0 Å². The van der Waals surface area contributed by atoms with Gasteiger partial charge >= 0.3 is 0 Å². The fourth-order valence-electron chi connectivity index (χ4n) is 1.09. The van der Waals surface area contributed by atoms with E-state index in [0.717, 1.165) is 18.7 Å². The number of aromatic nitrogens is 2. The van der Waals surface area contributed by atoms with Gasteiger partial charge in [-0.25, -0.2) is 0 Å². The third-order valence-electron chi connectivity index (χ3n) is 1.73. The van der Waals surface area contributed by atoms with Crippen molar-refractivity contribution in [2.75, 3.05) is 12.0 Å². The molecular formula is C8H15N3S. The van der Waals surface area contributed by atoms with Crippen LogP contribution in [0.2, 0.25) is 0 Å². The zero-order chi connectivity index (χ0) is 8.81. The van der Waals surface area contributed by atoms with Crippen LogP contribution in [0.4, 0.5) is 0 Å². The van der Waals surface area contributed by atoms with Crippen molar-refractivity contribution < 1.29 is 0 Å². The van der Waals surface area contributed by atoms with Crippen LogP contribution < -0.4 is 5.73 Å². The highest BCUT2D eigenvalue weighted by atomic mass is 32.2. The van der Waals surface area contributed by atoms with Crippen LogP contribution in [0.5, 0.6) is 0 Å². The minimum Gasteiger partial charge on any atom is -0.325 e. The third kappa shape index (κ3) is 2.53. The molecule has 0 unspecified atom stereocenters. The van der Waals surface area contributed by atoms with Gasteiger partial charge in [0, 0.05) is 19.3 Å². The average Bonchev–Trinajstić information content (AvgIpc) is 2.52. The number of nitrogens with two attached hydrogens (primary N) is 1. The molecule has 4 heteroatoms. The Morgan fingerprint density at radius 3 is 3.17 bits per heavy atom. The summed E-state index contributed by atoms with van der Waals surface area (Å²) < 4.78 is 1.98. The van der Waals surface area contributed by atoms with Crippen molar-refractivity contribution in [3.8, 4) is 0 Å². The van der Waals surface area contributed by atoms with Crippen LogP contribution in [-0.4, -0.2) is 21.8 Å². The summed E-state index contributed by atoms with van der Waals surface area (Å²) in [4.78, 5) is 0. The van der Waals surface area contributed by atoms with Gasteiger partial charge in [0.05, 0.1) is 5.69 Å². The molecule has 3 nitrogen and oxygen atoms in total. The minimum atomic E-state index is 0.583. The zero-order valence-corrected chi connectivity index (χ0v) is 8.18. The molecule has 0 saturated heterocycles. The highest BCUT2D eigenvalue weighted by molar-refractivity contribution is 7.98. The maximum atomic E-state index is 5.53. The van der Waals surface area contributed by atoms with Gasteiger partial charge in [-0.1, -0.05) is 0 Å². The Hall–Kier alpha value is -0.480. The quantitative estimate of drug-likeness (QED) is 0.698. The van der Waals surface area contributed by atoms with Crippen molar-refractivity contribution >= 4 is 11.8 Å². The molecule has 0 aliphatic heterocycles. The second kappa shape index (κ2) is 5.22. The maximum Gasteiger partial charge on any atom is 0.0519 e. The lowest BCUT2D eigenvalue weighted by molar-refractivity contribution is 0.578. The van der Waals surface area contributed by atoms with E-state index in [1.54, 1.807) is 6.20 Å². The lowest BCUT2D eigenvalue weighted by atomic mass is 10.4. The standard InChI is InChI=1S/C8H15N3S/c1-12-6-2-5-11-8(7-9)3-4-10-11/h3-4H,2,5-7,9H2,1H3. The monoisotopic (exact) mass is 185 g/mol. The molecule has 12 heavy (non-hydrogen) atoms. The first-order valence-corrected chi connectivity index (χ1v) is 5.47. The van der Waals surface area contributed by atoms with Crippen LogP contribution in [0.15, 0.2) is 12.3 Å². The van der Waals surface area contributed by atoms with Crippen LogP contribution in [0.3, 0.4) is 0 Å². The molecule has 0 aromatic carbocycles. The summed E-state index contributed by atoms with van der Waals surface area (Å²) in [7, 11) is 0. The van der Waals surface area contributed by atoms with Gasteiger partial charge < -0.3 is 5.73 Å². The van der Waals surface area contributed by atoms with E-state index in [1.165, 1.54) is 5.75 Å². The second-order valence-electron chi connectivity index (χ2n) is 2.60. The SMILES string of the molecule is CSCCCn1nccc1CN. The number of hydrogen-bond donors (Lipinski definition) is 1. The summed E-state index contributed by atoms with van der Waals surface area (Å²) in [5.41, 5.74) is 6.65. The Balaban J connectivity index is 2.39. The second-order valence-corrected chi connectivity index (χ2v) is 3.58. The Labute approximate surface area is 77.3 Å². The van der Waals surface area contributed by atoms with Crippen LogP contribution in [0, 0.1) is 0 Å². The normalized spacial score (nSPS) is 10.5. The van der Waals surface area contributed by atoms with E-state index >= 15 is 0 Å². The molecule has 0 bridgehead atoms. The van der Waals surface area contributed by atoms with E-state index in [9.17, 15) is 0 Å². The van der Waals surface area contributed by atoms with Gasteiger partial charge in [-0.2, -0.15) is 16.9 Å². The molecule has 0 atom stereocenters. The molecule has 1 aromatic heterocycles. The van der Waals surface area contributed by atoms with E-state index in [-0.39, 0.29) is 0 Å². The van der Waals surface area contributed by atoms with E-state index < -0.39 is 0 Å². The molecule has 0 saturated carbocycles. The molecule has 68 valence electrons. The first kappa shape index (κ1) is 9.61. The highest BCUT2D eigenvalue weighted by Gasteiger charge is 1.98. The van der Waals surface area contributed by atoms with Gasteiger partial charge in [0.2, 0.25) is 0 Å². The van der Waals surface area contributed by atoms with Crippen molar-refractivity contribution in [1.82, 2.24) is 9.78 Å². The van der Waals surface area contributed by atoms with Crippen molar-refractivity contribution in [1.29, 1.82) is 0 Å². The van der Waals surface area contributed by atoms with E-state index in [0.29, 0.717) is 6.54 Å². The molecular weight excluding hydrogens is 170 g/mol. The molecule has 1 aromatic rings. The predicted octanol–water partition coefficient (Wildman–Crippen LogP) is 1.09. The first-order chi connectivity index (χ1) is 5.88. The first-order valence-electron chi connectivity index (χ1n) is 4.08. The topological polar surface area (TPSA) is 43.8 Å². The Morgan fingerprint density at radius 2 is 2.50 bits per heavy atom. The van der Waals surface area contributed by atoms with E-state index in [4.69, 9.17) is 5.73 Å². The van der Waals surface area contributed by atoms with Gasteiger partial charge in [0.15, 0.2) is 0 Å². The van der Waals surface area contributed by atoms with Crippen molar-refractivity contribution in [2.24, 2.45) is 5.73 Å². The van der Waals surface area contributed by atoms with Crippen molar-refractivity contribution in [3.63, 3.8) is 0 Å². The molecule has 1 heterocycles. The zero-order valence-electron chi connectivity index (χ0n) is 7.36. The number of nitrogens with zero attached hydrogens (tertiary/aromatic N) is 2. The average molecular weight is 185 g/mol. The molecule has 0 amide bonds. The molecule has 1 rings (SSSR count). The number of thioether (sulfide) groups is 1. The third-order valence-corrected chi connectivity index (χ3v) is 2.43. The van der Waals surface area contributed by atoms with Gasteiger partial charge in [0.1, 0.15) is 0 Å². The van der Waals surface area contributed by atoms with Crippen LogP contribution in [-0.2, 0) is 13.1 Å².